The number of phosphoric ester groups is 1. The molecule has 1 saturated heterocycles. The number of amides is 1. The molecule has 0 spiro atoms. The molecular formula is C31H63N2O8P. The first kappa shape index (κ1) is 39.3. The first-order chi connectivity index (χ1) is 20.1. The Morgan fingerprint density at radius 2 is 1.29 bits per heavy atom. The van der Waals surface area contributed by atoms with Crippen molar-refractivity contribution in [2.45, 2.75) is 116 Å². The van der Waals surface area contributed by atoms with Crippen LogP contribution in [0.2, 0.25) is 0 Å². The summed E-state index contributed by atoms with van der Waals surface area (Å²) in [4.78, 5) is 26.3. The van der Waals surface area contributed by atoms with E-state index in [-0.39, 0.29) is 19.8 Å². The summed E-state index contributed by atoms with van der Waals surface area (Å²) in [7, 11) is 1.30. The van der Waals surface area contributed by atoms with Gasteiger partial charge in [0.2, 0.25) is 0 Å². The molecule has 1 aliphatic heterocycles. The van der Waals surface area contributed by atoms with Crippen LogP contribution < -0.4 is 4.89 Å². The van der Waals surface area contributed by atoms with Crippen molar-refractivity contribution in [2.24, 2.45) is 0 Å². The lowest BCUT2D eigenvalue weighted by atomic mass is 10.0. The number of hydrogen-bond donors (Lipinski definition) is 0. The number of quaternary nitrogens is 1. The van der Waals surface area contributed by atoms with Gasteiger partial charge in [0.1, 0.15) is 13.2 Å². The van der Waals surface area contributed by atoms with E-state index in [0.29, 0.717) is 43.9 Å². The van der Waals surface area contributed by atoms with Crippen molar-refractivity contribution in [3.63, 3.8) is 0 Å². The van der Waals surface area contributed by atoms with E-state index in [9.17, 15) is 14.3 Å². The van der Waals surface area contributed by atoms with Gasteiger partial charge in [-0.15, -0.1) is 0 Å². The molecule has 1 aliphatic rings. The average Bonchev–Trinajstić information content (AvgIpc) is 2.94. The molecule has 42 heavy (non-hydrogen) atoms. The van der Waals surface area contributed by atoms with Gasteiger partial charge < -0.3 is 37.5 Å². The van der Waals surface area contributed by atoms with Gasteiger partial charge >= 0.3 is 6.09 Å². The molecule has 0 radical (unpaired) electrons. The lowest BCUT2D eigenvalue weighted by Gasteiger charge is -2.30. The zero-order valence-electron chi connectivity index (χ0n) is 27.4. The standard InChI is InChI=1S/C31H63N2O8P/c1-5-6-7-8-9-10-11-12-13-14-15-16-17-18-19-20-24-38-28-30(41-31(34)32-21-25-37-26-22-32)29-40-42(35,36)39-27-23-33(2,3)4/h30H,5-29H2,1-4H3. The Balaban J connectivity index is 2.18. The van der Waals surface area contributed by atoms with Gasteiger partial charge in [-0.25, -0.2) is 4.79 Å². The van der Waals surface area contributed by atoms with Crippen LogP contribution in [0.4, 0.5) is 4.79 Å². The molecule has 0 N–H and O–H groups in total. The van der Waals surface area contributed by atoms with Crippen LogP contribution in [0.25, 0.3) is 0 Å². The third-order valence-electron chi connectivity index (χ3n) is 7.41. The highest BCUT2D eigenvalue weighted by Crippen LogP contribution is 2.38. The maximum Gasteiger partial charge on any atom is 0.410 e. The van der Waals surface area contributed by atoms with Gasteiger partial charge in [0.25, 0.3) is 7.82 Å². The molecule has 1 heterocycles. The quantitative estimate of drug-likeness (QED) is 0.0596. The van der Waals surface area contributed by atoms with Gasteiger partial charge in [-0.3, -0.25) is 4.57 Å². The van der Waals surface area contributed by atoms with Gasteiger partial charge in [-0.05, 0) is 6.42 Å². The fraction of sp³-hybridized carbons (Fsp3) is 0.968. The first-order valence-electron chi connectivity index (χ1n) is 16.6. The number of nitrogens with zero attached hydrogens (tertiary/aromatic N) is 2. The fourth-order valence-corrected chi connectivity index (χ4v) is 5.41. The van der Waals surface area contributed by atoms with Crippen molar-refractivity contribution in [3.8, 4) is 0 Å². The molecule has 11 heteroatoms. The van der Waals surface area contributed by atoms with Crippen molar-refractivity contribution < 1.29 is 42.0 Å². The summed E-state index contributed by atoms with van der Waals surface area (Å²) in [5.74, 6) is 0. The number of hydrogen-bond acceptors (Lipinski definition) is 8. The minimum atomic E-state index is -4.53. The monoisotopic (exact) mass is 622 g/mol. The molecule has 2 unspecified atom stereocenters. The molecule has 0 saturated carbocycles. The summed E-state index contributed by atoms with van der Waals surface area (Å²) in [6.07, 6.45) is 19.5. The molecule has 2 atom stereocenters. The molecule has 0 aromatic carbocycles. The Hall–Kier alpha value is -0.740. The largest absolute Gasteiger partial charge is 0.756 e. The number of unbranched alkanes of at least 4 members (excludes halogenated alkanes) is 15. The highest BCUT2D eigenvalue weighted by Gasteiger charge is 2.24. The fourth-order valence-electron chi connectivity index (χ4n) is 4.68. The lowest BCUT2D eigenvalue weighted by Crippen LogP contribution is -2.43. The Bertz CT molecular complexity index is 701. The van der Waals surface area contributed by atoms with E-state index < -0.39 is 20.0 Å². The summed E-state index contributed by atoms with van der Waals surface area (Å²) < 4.78 is 39.4. The average molecular weight is 623 g/mol. The van der Waals surface area contributed by atoms with Gasteiger partial charge in [-0.2, -0.15) is 0 Å². The molecule has 1 fully saturated rings. The van der Waals surface area contributed by atoms with E-state index in [1.165, 1.54) is 89.9 Å². The van der Waals surface area contributed by atoms with E-state index in [4.69, 9.17) is 23.3 Å². The van der Waals surface area contributed by atoms with E-state index in [1.54, 1.807) is 4.90 Å². The Morgan fingerprint density at radius 1 is 0.786 bits per heavy atom. The molecule has 0 bridgehead atoms. The molecule has 1 rings (SSSR count). The number of morpholine rings is 1. The minimum absolute atomic E-state index is 0.0122. The van der Waals surface area contributed by atoms with Crippen LogP contribution in [0.15, 0.2) is 0 Å². The third-order valence-corrected chi connectivity index (χ3v) is 8.38. The number of phosphoric acid groups is 1. The van der Waals surface area contributed by atoms with Gasteiger partial charge in [0.15, 0.2) is 6.10 Å². The van der Waals surface area contributed by atoms with Crippen LogP contribution in [0.5, 0.6) is 0 Å². The Morgan fingerprint density at radius 3 is 1.79 bits per heavy atom. The third kappa shape index (κ3) is 23.7. The second kappa shape index (κ2) is 24.6. The van der Waals surface area contributed by atoms with E-state index in [1.807, 2.05) is 21.1 Å². The lowest BCUT2D eigenvalue weighted by molar-refractivity contribution is -0.870. The maximum absolute atomic E-state index is 12.6. The van der Waals surface area contributed by atoms with Crippen LogP contribution in [0.1, 0.15) is 110 Å². The maximum atomic E-state index is 12.6. The van der Waals surface area contributed by atoms with E-state index >= 15 is 0 Å². The zero-order chi connectivity index (χ0) is 30.9. The van der Waals surface area contributed by atoms with Crippen molar-refractivity contribution >= 4 is 13.9 Å². The van der Waals surface area contributed by atoms with Crippen LogP contribution in [0, 0.1) is 0 Å². The summed E-state index contributed by atoms with van der Waals surface area (Å²) >= 11 is 0. The van der Waals surface area contributed by atoms with Crippen molar-refractivity contribution in [1.29, 1.82) is 0 Å². The summed E-state index contributed by atoms with van der Waals surface area (Å²) in [6, 6.07) is 0. The van der Waals surface area contributed by atoms with E-state index in [2.05, 4.69) is 6.92 Å². The van der Waals surface area contributed by atoms with Crippen LogP contribution in [0.3, 0.4) is 0 Å². The topological polar surface area (TPSA) is 107 Å². The number of carbonyl (C=O) groups is 1. The van der Waals surface area contributed by atoms with Gasteiger partial charge in [0.05, 0.1) is 47.6 Å². The van der Waals surface area contributed by atoms with E-state index in [0.717, 1.165) is 12.8 Å². The summed E-state index contributed by atoms with van der Waals surface area (Å²) in [5, 5.41) is 0. The predicted octanol–water partition coefficient (Wildman–Crippen LogP) is 6.31. The first-order valence-corrected chi connectivity index (χ1v) is 18.1. The Kier molecular flexibility index (Phi) is 23.0. The van der Waals surface area contributed by atoms with Crippen molar-refractivity contribution in [2.75, 3.05) is 80.4 Å². The SMILES string of the molecule is CCCCCCCCCCCCCCCCCCOCC(COP(=O)([O-])OCC[N+](C)(C)C)OC(=O)N1CCOCC1. The number of ether oxygens (including phenoxy) is 3. The molecule has 1 amide bonds. The summed E-state index contributed by atoms with van der Waals surface area (Å²) in [5.41, 5.74) is 0. The van der Waals surface area contributed by atoms with Crippen molar-refractivity contribution in [1.82, 2.24) is 4.90 Å². The van der Waals surface area contributed by atoms with Gasteiger partial charge in [-0.1, -0.05) is 103 Å². The number of rotatable bonds is 27. The second-order valence-electron chi connectivity index (χ2n) is 12.6. The van der Waals surface area contributed by atoms with Gasteiger partial charge in [0, 0.05) is 19.7 Å². The zero-order valence-corrected chi connectivity index (χ0v) is 28.3. The molecule has 0 aromatic rings. The molecule has 10 nitrogen and oxygen atoms in total. The summed E-state index contributed by atoms with van der Waals surface area (Å²) in [6.45, 7) is 4.79. The van der Waals surface area contributed by atoms with Crippen LogP contribution >= 0.6 is 7.82 Å². The number of likely N-dealkylation sites (N-methyl/N-ethyl adjacent to an activating group) is 1. The molecular weight excluding hydrogens is 559 g/mol. The highest BCUT2D eigenvalue weighted by molar-refractivity contribution is 7.45. The molecule has 0 aliphatic carbocycles. The smallest absolute Gasteiger partial charge is 0.410 e. The predicted molar refractivity (Wildman–Crippen MR) is 165 cm³/mol. The van der Waals surface area contributed by atoms with Crippen LogP contribution in [-0.2, 0) is 27.8 Å². The highest BCUT2D eigenvalue weighted by atomic mass is 31.2. The van der Waals surface area contributed by atoms with Crippen LogP contribution in [-0.4, -0.2) is 102 Å². The minimum Gasteiger partial charge on any atom is -0.756 e. The number of carbonyl (C=O) groups excluding carboxylic acids is 1. The normalized spacial score (nSPS) is 16.4. The molecule has 0 aromatic heterocycles. The van der Waals surface area contributed by atoms with Crippen molar-refractivity contribution in [3.05, 3.63) is 0 Å². The Labute approximate surface area is 256 Å². The molecule has 250 valence electrons. The second-order valence-corrected chi connectivity index (χ2v) is 14.0.